The van der Waals surface area contributed by atoms with Crippen LogP contribution in [0.5, 0.6) is 0 Å². The molecule has 0 aliphatic carbocycles. The Morgan fingerprint density at radius 3 is 2.18 bits per heavy atom. The summed E-state index contributed by atoms with van der Waals surface area (Å²) in [6, 6.07) is 1.91. The summed E-state index contributed by atoms with van der Waals surface area (Å²) in [5.41, 5.74) is 1.17. The molecule has 0 N–H and O–H groups in total. The normalized spacial score (nSPS) is 8.36. The first-order chi connectivity index (χ1) is 5.20. The Balaban J connectivity index is 0.000000461. The van der Waals surface area contributed by atoms with Crippen molar-refractivity contribution in [3.63, 3.8) is 0 Å². The standard InChI is InChI=1S/C7H8OS.C2H6/c1-5-3-7(6(2)8)9-4-5;1-2/h3-4H,1-2H3;1-2H3. The fourth-order valence-corrected chi connectivity index (χ4v) is 1.42. The molecule has 0 amide bonds. The molecule has 1 nitrogen and oxygen atoms in total. The summed E-state index contributed by atoms with van der Waals surface area (Å²) in [5.74, 6) is 0.160. The number of Topliss-reactive ketones (excluding diaryl/α,β-unsaturated/α-hetero) is 1. The number of hydrogen-bond acceptors (Lipinski definition) is 2. The zero-order valence-electron chi connectivity index (χ0n) is 7.47. The molecule has 0 atom stereocenters. The van der Waals surface area contributed by atoms with Crippen molar-refractivity contribution in [2.24, 2.45) is 0 Å². The maximum Gasteiger partial charge on any atom is 0.169 e. The van der Waals surface area contributed by atoms with Gasteiger partial charge >= 0.3 is 0 Å². The van der Waals surface area contributed by atoms with Crippen LogP contribution in [0.1, 0.15) is 36.0 Å². The van der Waals surface area contributed by atoms with E-state index in [1.165, 1.54) is 16.9 Å². The Hall–Kier alpha value is -0.630. The number of thiophene rings is 1. The second-order valence-corrected chi connectivity index (χ2v) is 2.96. The Labute approximate surface area is 72.1 Å². The van der Waals surface area contributed by atoms with E-state index in [9.17, 15) is 4.79 Å². The average molecular weight is 170 g/mol. The molecular formula is C9H14OS. The minimum atomic E-state index is 0.160. The molecular weight excluding hydrogens is 156 g/mol. The van der Waals surface area contributed by atoms with Crippen LogP contribution in [0.3, 0.4) is 0 Å². The van der Waals surface area contributed by atoms with Crippen LogP contribution >= 0.6 is 11.3 Å². The molecule has 0 unspecified atom stereocenters. The lowest BCUT2D eigenvalue weighted by atomic mass is 10.3. The largest absolute Gasteiger partial charge is 0.294 e. The van der Waals surface area contributed by atoms with Crippen molar-refractivity contribution in [2.45, 2.75) is 27.7 Å². The number of carbonyl (C=O) groups is 1. The van der Waals surface area contributed by atoms with Gasteiger partial charge < -0.3 is 0 Å². The summed E-state index contributed by atoms with van der Waals surface area (Å²) in [7, 11) is 0. The van der Waals surface area contributed by atoms with E-state index in [1.807, 2.05) is 32.2 Å². The maximum atomic E-state index is 10.7. The van der Waals surface area contributed by atoms with Gasteiger partial charge in [-0.3, -0.25) is 4.79 Å². The van der Waals surface area contributed by atoms with Crippen molar-refractivity contribution in [3.05, 3.63) is 21.9 Å². The minimum absolute atomic E-state index is 0.160. The van der Waals surface area contributed by atoms with E-state index in [4.69, 9.17) is 0 Å². The van der Waals surface area contributed by atoms with E-state index in [0.29, 0.717) is 0 Å². The number of aryl methyl sites for hydroxylation is 1. The van der Waals surface area contributed by atoms with Gasteiger partial charge in [0, 0.05) is 0 Å². The molecule has 0 aliphatic heterocycles. The van der Waals surface area contributed by atoms with E-state index in [1.54, 1.807) is 6.92 Å². The van der Waals surface area contributed by atoms with Gasteiger partial charge in [0.25, 0.3) is 0 Å². The molecule has 0 spiro atoms. The number of carbonyl (C=O) groups excluding carboxylic acids is 1. The highest BCUT2D eigenvalue weighted by atomic mass is 32.1. The average Bonchev–Trinajstić information content (AvgIpc) is 2.40. The minimum Gasteiger partial charge on any atom is -0.294 e. The van der Waals surface area contributed by atoms with Gasteiger partial charge in [-0.2, -0.15) is 0 Å². The van der Waals surface area contributed by atoms with Gasteiger partial charge in [-0.05, 0) is 30.9 Å². The molecule has 1 aromatic heterocycles. The number of hydrogen-bond donors (Lipinski definition) is 0. The molecule has 0 saturated heterocycles. The molecule has 62 valence electrons. The molecule has 1 rings (SSSR count). The van der Waals surface area contributed by atoms with Crippen LogP contribution < -0.4 is 0 Å². The van der Waals surface area contributed by atoms with E-state index in [2.05, 4.69) is 0 Å². The molecule has 0 fully saturated rings. The zero-order valence-corrected chi connectivity index (χ0v) is 8.29. The Morgan fingerprint density at radius 2 is 2.00 bits per heavy atom. The second-order valence-electron chi connectivity index (χ2n) is 2.04. The summed E-state index contributed by atoms with van der Waals surface area (Å²) in [6.07, 6.45) is 0. The van der Waals surface area contributed by atoms with Gasteiger partial charge in [0.2, 0.25) is 0 Å². The monoisotopic (exact) mass is 170 g/mol. The number of ketones is 1. The first-order valence-electron chi connectivity index (χ1n) is 3.76. The van der Waals surface area contributed by atoms with Crippen molar-refractivity contribution < 1.29 is 4.79 Å². The van der Waals surface area contributed by atoms with E-state index < -0.39 is 0 Å². The molecule has 0 saturated carbocycles. The van der Waals surface area contributed by atoms with Crippen molar-refractivity contribution in [2.75, 3.05) is 0 Å². The van der Waals surface area contributed by atoms with Crippen LogP contribution in [-0.4, -0.2) is 5.78 Å². The second kappa shape index (κ2) is 5.08. The Kier molecular flexibility index (Phi) is 4.79. The van der Waals surface area contributed by atoms with Gasteiger partial charge in [-0.15, -0.1) is 11.3 Å². The lowest BCUT2D eigenvalue weighted by molar-refractivity contribution is 0.102. The van der Waals surface area contributed by atoms with E-state index >= 15 is 0 Å². The van der Waals surface area contributed by atoms with Crippen LogP contribution in [-0.2, 0) is 0 Å². The van der Waals surface area contributed by atoms with Gasteiger partial charge in [-0.25, -0.2) is 0 Å². The molecule has 1 aromatic rings. The fourth-order valence-electron chi connectivity index (χ4n) is 0.616. The molecule has 0 aliphatic rings. The topological polar surface area (TPSA) is 17.1 Å². The molecule has 11 heavy (non-hydrogen) atoms. The predicted octanol–water partition coefficient (Wildman–Crippen LogP) is 3.29. The summed E-state index contributed by atoms with van der Waals surface area (Å²) >= 11 is 1.51. The van der Waals surface area contributed by atoms with Crippen LogP contribution in [0.15, 0.2) is 11.4 Å². The predicted molar refractivity (Wildman–Crippen MR) is 50.4 cm³/mol. The number of rotatable bonds is 1. The van der Waals surface area contributed by atoms with Crippen molar-refractivity contribution in [1.82, 2.24) is 0 Å². The third-order valence-electron chi connectivity index (χ3n) is 1.08. The zero-order chi connectivity index (χ0) is 8.85. The van der Waals surface area contributed by atoms with Gasteiger partial charge in [0.05, 0.1) is 4.88 Å². The van der Waals surface area contributed by atoms with Gasteiger partial charge in [0.1, 0.15) is 0 Å². The highest BCUT2D eigenvalue weighted by molar-refractivity contribution is 7.12. The molecule has 2 heteroatoms. The summed E-state index contributed by atoms with van der Waals surface area (Å²) in [5, 5.41) is 1.98. The highest BCUT2D eigenvalue weighted by Crippen LogP contribution is 2.13. The lowest BCUT2D eigenvalue weighted by Gasteiger charge is -1.80. The molecule has 1 heterocycles. The summed E-state index contributed by atoms with van der Waals surface area (Å²) in [6.45, 7) is 7.58. The quantitative estimate of drug-likeness (QED) is 0.591. The van der Waals surface area contributed by atoms with Crippen LogP contribution in [0.2, 0.25) is 0 Å². The highest BCUT2D eigenvalue weighted by Gasteiger charge is 1.99. The van der Waals surface area contributed by atoms with Crippen LogP contribution in [0.4, 0.5) is 0 Å². The fraction of sp³-hybridized carbons (Fsp3) is 0.444. The first-order valence-corrected chi connectivity index (χ1v) is 4.64. The summed E-state index contributed by atoms with van der Waals surface area (Å²) < 4.78 is 0. The van der Waals surface area contributed by atoms with Gasteiger partial charge in [0.15, 0.2) is 5.78 Å². The van der Waals surface area contributed by atoms with Crippen molar-refractivity contribution >= 4 is 17.1 Å². The molecule has 0 aromatic carbocycles. The van der Waals surface area contributed by atoms with Crippen LogP contribution in [0, 0.1) is 6.92 Å². The van der Waals surface area contributed by atoms with Crippen LogP contribution in [0.25, 0.3) is 0 Å². The maximum absolute atomic E-state index is 10.7. The Morgan fingerprint density at radius 1 is 1.45 bits per heavy atom. The summed E-state index contributed by atoms with van der Waals surface area (Å²) in [4.78, 5) is 11.5. The van der Waals surface area contributed by atoms with E-state index in [0.717, 1.165) is 4.88 Å². The first kappa shape index (κ1) is 10.4. The van der Waals surface area contributed by atoms with E-state index in [-0.39, 0.29) is 5.78 Å². The Bertz CT molecular complexity index is 225. The SMILES string of the molecule is CC.CC(=O)c1cc(C)cs1. The third-order valence-corrected chi connectivity index (χ3v) is 2.23. The smallest absolute Gasteiger partial charge is 0.169 e. The molecule has 0 radical (unpaired) electrons. The lowest BCUT2D eigenvalue weighted by Crippen LogP contribution is -1.83. The molecule has 0 bridgehead atoms. The van der Waals surface area contributed by atoms with Crippen molar-refractivity contribution in [3.8, 4) is 0 Å². The van der Waals surface area contributed by atoms with Gasteiger partial charge in [-0.1, -0.05) is 13.8 Å². The third kappa shape index (κ3) is 3.33. The van der Waals surface area contributed by atoms with Crippen molar-refractivity contribution in [1.29, 1.82) is 0 Å².